The summed E-state index contributed by atoms with van der Waals surface area (Å²) < 4.78 is 0. The molecule has 0 aromatic heterocycles. The van der Waals surface area contributed by atoms with Gasteiger partial charge in [-0.25, -0.2) is 0 Å². The van der Waals surface area contributed by atoms with Crippen molar-refractivity contribution in [2.75, 3.05) is 11.4 Å². The molecule has 0 aliphatic carbocycles. The van der Waals surface area contributed by atoms with Crippen molar-refractivity contribution >= 4 is 29.1 Å². The number of anilines is 1. The molecule has 0 aliphatic heterocycles. The van der Waals surface area contributed by atoms with E-state index in [0.717, 1.165) is 11.3 Å². The molecule has 0 bridgehead atoms. The van der Waals surface area contributed by atoms with Crippen molar-refractivity contribution in [3.63, 3.8) is 0 Å². The lowest BCUT2D eigenvalue weighted by Gasteiger charge is -2.23. The van der Waals surface area contributed by atoms with Gasteiger partial charge in [0, 0.05) is 16.3 Å². The Morgan fingerprint density at radius 3 is 2.19 bits per heavy atom. The molecule has 3 aromatic rings. The van der Waals surface area contributed by atoms with E-state index in [1.165, 1.54) is 0 Å². The molecule has 2 amide bonds. The zero-order valence-corrected chi connectivity index (χ0v) is 15.4. The Bertz CT molecular complexity index is 914. The van der Waals surface area contributed by atoms with Crippen molar-refractivity contribution in [1.82, 2.24) is 5.32 Å². The zero-order chi connectivity index (χ0) is 19.1. The van der Waals surface area contributed by atoms with E-state index in [2.05, 4.69) is 5.32 Å². The highest BCUT2D eigenvalue weighted by Gasteiger charge is 2.17. The molecule has 0 atom stereocenters. The lowest BCUT2D eigenvalue weighted by molar-refractivity contribution is -0.117. The second-order valence-corrected chi connectivity index (χ2v) is 6.43. The van der Waals surface area contributed by atoms with E-state index in [4.69, 9.17) is 11.6 Å². The fraction of sp³-hybridized carbons (Fsp3) is 0.0909. The molecule has 5 heteroatoms. The first-order chi connectivity index (χ1) is 13.1. The minimum Gasteiger partial charge on any atom is -0.343 e. The van der Waals surface area contributed by atoms with Crippen molar-refractivity contribution in [2.45, 2.75) is 6.54 Å². The number of para-hydroxylation sites is 1. The van der Waals surface area contributed by atoms with Crippen molar-refractivity contribution in [3.05, 3.63) is 101 Å². The van der Waals surface area contributed by atoms with Gasteiger partial charge in [-0.1, -0.05) is 66.2 Å². The molecular weight excluding hydrogens is 360 g/mol. The van der Waals surface area contributed by atoms with Crippen LogP contribution in [0, 0.1) is 0 Å². The first kappa shape index (κ1) is 18.7. The summed E-state index contributed by atoms with van der Waals surface area (Å²) in [5.41, 5.74) is 2.21. The number of halogens is 1. The fourth-order valence-corrected chi connectivity index (χ4v) is 2.87. The highest BCUT2D eigenvalue weighted by molar-refractivity contribution is 6.31. The second-order valence-electron chi connectivity index (χ2n) is 5.99. The molecule has 27 heavy (non-hydrogen) atoms. The topological polar surface area (TPSA) is 49.4 Å². The summed E-state index contributed by atoms with van der Waals surface area (Å²) in [5.74, 6) is -0.529. The number of benzene rings is 3. The maximum atomic E-state index is 12.8. The Kier molecular flexibility index (Phi) is 6.23. The summed E-state index contributed by atoms with van der Waals surface area (Å²) in [5, 5.41) is 3.15. The van der Waals surface area contributed by atoms with Gasteiger partial charge in [0.2, 0.25) is 5.91 Å². The Labute approximate surface area is 163 Å². The minimum atomic E-state index is -0.335. The van der Waals surface area contributed by atoms with E-state index in [0.29, 0.717) is 17.1 Å². The lowest BCUT2D eigenvalue weighted by atomic mass is 10.2. The Morgan fingerprint density at radius 1 is 0.852 bits per heavy atom. The summed E-state index contributed by atoms with van der Waals surface area (Å²) >= 11 is 5.92. The van der Waals surface area contributed by atoms with E-state index in [1.54, 1.807) is 29.2 Å². The molecule has 0 saturated heterocycles. The van der Waals surface area contributed by atoms with Crippen LogP contribution in [0.2, 0.25) is 5.02 Å². The van der Waals surface area contributed by atoms with Gasteiger partial charge in [0.25, 0.3) is 5.91 Å². The van der Waals surface area contributed by atoms with Crippen LogP contribution in [0.3, 0.4) is 0 Å². The number of rotatable bonds is 6. The third kappa shape index (κ3) is 5.19. The van der Waals surface area contributed by atoms with Crippen molar-refractivity contribution in [1.29, 1.82) is 0 Å². The van der Waals surface area contributed by atoms with Gasteiger partial charge in [-0.05, 0) is 35.9 Å². The minimum absolute atomic E-state index is 0.104. The molecule has 136 valence electrons. The summed E-state index contributed by atoms with van der Waals surface area (Å²) in [7, 11) is 0. The molecule has 0 heterocycles. The molecule has 0 unspecified atom stereocenters. The summed E-state index contributed by atoms with van der Waals surface area (Å²) in [6.45, 7) is 0.323. The third-order valence-electron chi connectivity index (χ3n) is 4.04. The van der Waals surface area contributed by atoms with Crippen LogP contribution >= 0.6 is 11.6 Å². The van der Waals surface area contributed by atoms with Crippen LogP contribution in [-0.4, -0.2) is 18.4 Å². The van der Waals surface area contributed by atoms with E-state index in [9.17, 15) is 9.59 Å². The monoisotopic (exact) mass is 378 g/mol. The molecular formula is C22H19ClN2O2. The largest absolute Gasteiger partial charge is 0.343 e. The number of amides is 2. The lowest BCUT2D eigenvalue weighted by Crippen LogP contribution is -2.40. The predicted molar refractivity (Wildman–Crippen MR) is 108 cm³/mol. The van der Waals surface area contributed by atoms with Crippen LogP contribution in [0.15, 0.2) is 84.9 Å². The molecule has 0 fully saturated rings. The third-order valence-corrected chi connectivity index (χ3v) is 4.27. The van der Waals surface area contributed by atoms with Crippen molar-refractivity contribution in [3.8, 4) is 0 Å². The van der Waals surface area contributed by atoms with E-state index >= 15 is 0 Å². The Morgan fingerprint density at radius 2 is 1.52 bits per heavy atom. The summed E-state index contributed by atoms with van der Waals surface area (Å²) in [6, 6.07) is 25.8. The van der Waals surface area contributed by atoms with Crippen LogP contribution in [0.1, 0.15) is 15.9 Å². The molecule has 0 radical (unpaired) electrons. The number of carbonyl (C=O) groups excluding carboxylic acids is 2. The van der Waals surface area contributed by atoms with Crippen LogP contribution in [0.5, 0.6) is 0 Å². The summed E-state index contributed by atoms with van der Waals surface area (Å²) in [6.07, 6.45) is 0. The highest BCUT2D eigenvalue weighted by Crippen LogP contribution is 2.17. The number of hydrogen-bond acceptors (Lipinski definition) is 2. The van der Waals surface area contributed by atoms with Crippen LogP contribution in [-0.2, 0) is 11.3 Å². The van der Waals surface area contributed by atoms with Gasteiger partial charge in [0.05, 0.1) is 13.1 Å². The van der Waals surface area contributed by atoms with Gasteiger partial charge in [-0.2, -0.15) is 0 Å². The molecule has 0 saturated carbocycles. The number of carbonyl (C=O) groups is 2. The molecule has 3 rings (SSSR count). The SMILES string of the molecule is O=C(NCC(=O)N(Cc1ccccc1)c1ccccc1)c1cccc(Cl)c1. The fourth-order valence-electron chi connectivity index (χ4n) is 2.68. The smallest absolute Gasteiger partial charge is 0.251 e. The van der Waals surface area contributed by atoms with Gasteiger partial charge < -0.3 is 10.2 Å². The summed E-state index contributed by atoms with van der Waals surface area (Å²) in [4.78, 5) is 26.8. The molecule has 0 spiro atoms. The molecule has 3 aromatic carbocycles. The number of nitrogens with zero attached hydrogens (tertiary/aromatic N) is 1. The molecule has 0 aliphatic rings. The highest BCUT2D eigenvalue weighted by atomic mass is 35.5. The van der Waals surface area contributed by atoms with Crippen LogP contribution in [0.25, 0.3) is 0 Å². The Hall–Kier alpha value is -3.11. The number of nitrogens with one attached hydrogen (secondary N) is 1. The van der Waals surface area contributed by atoms with E-state index < -0.39 is 0 Å². The normalized spacial score (nSPS) is 10.3. The molecule has 1 N–H and O–H groups in total. The van der Waals surface area contributed by atoms with Crippen molar-refractivity contribution < 1.29 is 9.59 Å². The van der Waals surface area contributed by atoms with Gasteiger partial charge >= 0.3 is 0 Å². The van der Waals surface area contributed by atoms with Crippen molar-refractivity contribution in [2.24, 2.45) is 0 Å². The van der Waals surface area contributed by atoms with Crippen LogP contribution < -0.4 is 10.2 Å². The van der Waals surface area contributed by atoms with Gasteiger partial charge in [0.15, 0.2) is 0 Å². The first-order valence-electron chi connectivity index (χ1n) is 8.56. The van der Waals surface area contributed by atoms with Gasteiger partial charge in [-0.3, -0.25) is 9.59 Å². The Balaban J connectivity index is 1.72. The first-order valence-corrected chi connectivity index (χ1v) is 8.94. The predicted octanol–water partition coefficient (Wildman–Crippen LogP) is 4.30. The average molecular weight is 379 g/mol. The average Bonchev–Trinajstić information content (AvgIpc) is 2.71. The molecule has 4 nitrogen and oxygen atoms in total. The van der Waals surface area contributed by atoms with E-state index in [1.807, 2.05) is 60.7 Å². The number of hydrogen-bond donors (Lipinski definition) is 1. The zero-order valence-electron chi connectivity index (χ0n) is 14.6. The van der Waals surface area contributed by atoms with Gasteiger partial charge in [-0.15, -0.1) is 0 Å². The van der Waals surface area contributed by atoms with Crippen LogP contribution in [0.4, 0.5) is 5.69 Å². The maximum absolute atomic E-state index is 12.8. The van der Waals surface area contributed by atoms with E-state index in [-0.39, 0.29) is 18.4 Å². The van der Waals surface area contributed by atoms with Gasteiger partial charge in [0.1, 0.15) is 0 Å². The second kappa shape index (κ2) is 9.01. The maximum Gasteiger partial charge on any atom is 0.251 e. The standard InChI is InChI=1S/C22H19ClN2O2/c23-19-11-7-10-18(14-19)22(27)24-15-21(26)25(20-12-5-2-6-13-20)16-17-8-3-1-4-9-17/h1-14H,15-16H2,(H,24,27). The quantitative estimate of drug-likeness (QED) is 0.695.